The molecule has 25 heavy (non-hydrogen) atoms. The van der Waals surface area contributed by atoms with Crippen LogP contribution in [0.1, 0.15) is 44.6 Å². The highest BCUT2D eigenvalue weighted by Gasteiger charge is 2.26. The van der Waals surface area contributed by atoms with E-state index >= 15 is 0 Å². The molecule has 4 heteroatoms. The van der Waals surface area contributed by atoms with Gasteiger partial charge in [-0.1, -0.05) is 18.2 Å². The third kappa shape index (κ3) is 4.55. The highest BCUT2D eigenvalue weighted by atomic mass is 16.2. The van der Waals surface area contributed by atoms with Gasteiger partial charge in [-0.05, 0) is 70.2 Å². The predicted octanol–water partition coefficient (Wildman–Crippen LogP) is 3.07. The second kappa shape index (κ2) is 8.70. The fraction of sp³-hybridized carbons (Fsp3) is 0.667. The second-order valence-electron chi connectivity index (χ2n) is 7.68. The second-order valence-corrected chi connectivity index (χ2v) is 7.68. The van der Waals surface area contributed by atoms with Gasteiger partial charge in [0, 0.05) is 37.8 Å². The van der Waals surface area contributed by atoms with Crippen LogP contribution in [0.3, 0.4) is 0 Å². The van der Waals surface area contributed by atoms with E-state index in [2.05, 4.69) is 46.3 Å². The molecule has 138 valence electrons. The summed E-state index contributed by atoms with van der Waals surface area (Å²) in [5, 5.41) is 3.23. The summed E-state index contributed by atoms with van der Waals surface area (Å²) in [5.74, 6) is 1.12. The lowest BCUT2D eigenvalue weighted by molar-refractivity contribution is -0.132. The van der Waals surface area contributed by atoms with Gasteiger partial charge in [0.2, 0.25) is 5.91 Å². The predicted molar refractivity (Wildman–Crippen MR) is 104 cm³/mol. The molecule has 1 aromatic carbocycles. The fourth-order valence-corrected chi connectivity index (χ4v) is 4.29. The molecule has 1 fully saturated rings. The number of carbonyl (C=O) groups excluding carboxylic acids is 1. The maximum absolute atomic E-state index is 12.7. The number of amides is 1. The van der Waals surface area contributed by atoms with E-state index in [0.29, 0.717) is 18.4 Å². The van der Waals surface area contributed by atoms with E-state index in [0.717, 1.165) is 51.4 Å². The van der Waals surface area contributed by atoms with Crippen molar-refractivity contribution in [3.63, 3.8) is 0 Å². The van der Waals surface area contributed by atoms with Crippen molar-refractivity contribution in [2.75, 3.05) is 38.1 Å². The first-order valence-electron chi connectivity index (χ1n) is 9.96. The van der Waals surface area contributed by atoms with E-state index in [1.807, 2.05) is 7.05 Å². The third-order valence-electron chi connectivity index (χ3n) is 6.00. The van der Waals surface area contributed by atoms with E-state index in [1.54, 1.807) is 0 Å². The molecule has 1 amide bonds. The number of piperidine rings is 1. The van der Waals surface area contributed by atoms with Crippen LogP contribution < -0.4 is 10.2 Å². The molecule has 0 saturated carbocycles. The molecule has 0 radical (unpaired) electrons. The number of hydrogen-bond donors (Lipinski definition) is 1. The molecule has 1 atom stereocenters. The van der Waals surface area contributed by atoms with Crippen LogP contribution >= 0.6 is 0 Å². The number of fused-ring (bicyclic) bond motifs is 1. The van der Waals surface area contributed by atoms with Gasteiger partial charge in [0.15, 0.2) is 0 Å². The summed E-state index contributed by atoms with van der Waals surface area (Å²) in [4.78, 5) is 17.2. The van der Waals surface area contributed by atoms with Crippen molar-refractivity contribution in [3.8, 4) is 0 Å². The molecule has 2 aliphatic heterocycles. The molecule has 0 aliphatic carbocycles. The molecule has 1 aromatic rings. The standard InChI is InChI=1S/C21H33N3O/c1-17-7-8-19-5-3-4-6-20(19)24(17)16-12-21(25)23-14-10-18(11-15-23)9-13-22-2/h3-6,17-18,22H,7-16H2,1-2H3. The van der Waals surface area contributed by atoms with Crippen LogP contribution in [0.2, 0.25) is 0 Å². The molecule has 0 aromatic heterocycles. The molecular formula is C21H33N3O. The first kappa shape index (κ1) is 18.2. The van der Waals surface area contributed by atoms with Gasteiger partial charge in [-0.25, -0.2) is 0 Å². The number of aryl methyl sites for hydroxylation is 1. The van der Waals surface area contributed by atoms with Gasteiger partial charge >= 0.3 is 0 Å². The van der Waals surface area contributed by atoms with E-state index in [-0.39, 0.29) is 0 Å². The Bertz CT molecular complexity index is 566. The zero-order chi connectivity index (χ0) is 17.6. The summed E-state index contributed by atoms with van der Waals surface area (Å²) in [6.45, 7) is 6.11. The number of rotatable bonds is 6. The molecule has 3 rings (SSSR count). The normalized spacial score (nSPS) is 21.3. The Kier molecular flexibility index (Phi) is 6.35. The maximum Gasteiger partial charge on any atom is 0.224 e. The van der Waals surface area contributed by atoms with Crippen LogP contribution in [0, 0.1) is 5.92 Å². The van der Waals surface area contributed by atoms with Gasteiger partial charge in [-0.15, -0.1) is 0 Å². The van der Waals surface area contributed by atoms with Crippen molar-refractivity contribution in [1.29, 1.82) is 0 Å². The van der Waals surface area contributed by atoms with Crippen LogP contribution in [0.25, 0.3) is 0 Å². The SMILES string of the molecule is CNCCC1CCN(C(=O)CCN2c3ccccc3CCC2C)CC1. The fourth-order valence-electron chi connectivity index (χ4n) is 4.29. The zero-order valence-electron chi connectivity index (χ0n) is 15.8. The van der Waals surface area contributed by atoms with Crippen LogP contribution in [0.5, 0.6) is 0 Å². The quantitative estimate of drug-likeness (QED) is 0.862. The van der Waals surface area contributed by atoms with Crippen molar-refractivity contribution in [2.45, 2.75) is 51.5 Å². The van der Waals surface area contributed by atoms with Gasteiger partial charge in [0.1, 0.15) is 0 Å². The Balaban J connectivity index is 1.50. The molecule has 1 unspecified atom stereocenters. The average molecular weight is 344 g/mol. The summed E-state index contributed by atoms with van der Waals surface area (Å²) in [6, 6.07) is 9.20. The minimum Gasteiger partial charge on any atom is -0.368 e. The molecule has 0 bridgehead atoms. The molecule has 2 aliphatic rings. The van der Waals surface area contributed by atoms with Crippen LogP contribution in [0.15, 0.2) is 24.3 Å². The minimum absolute atomic E-state index is 0.335. The van der Waals surface area contributed by atoms with Crippen LogP contribution in [0.4, 0.5) is 5.69 Å². The Hall–Kier alpha value is -1.55. The Morgan fingerprint density at radius 3 is 2.72 bits per heavy atom. The highest BCUT2D eigenvalue weighted by Crippen LogP contribution is 2.30. The molecular weight excluding hydrogens is 310 g/mol. The number of anilines is 1. The van der Waals surface area contributed by atoms with Crippen molar-refractivity contribution < 1.29 is 4.79 Å². The number of nitrogens with zero attached hydrogens (tertiary/aromatic N) is 2. The van der Waals surface area contributed by atoms with E-state index in [1.165, 1.54) is 24.1 Å². The topological polar surface area (TPSA) is 35.6 Å². The lowest BCUT2D eigenvalue weighted by Gasteiger charge is -2.38. The van der Waals surface area contributed by atoms with Crippen molar-refractivity contribution in [2.24, 2.45) is 5.92 Å². The summed E-state index contributed by atoms with van der Waals surface area (Å²) in [5.41, 5.74) is 2.76. The first-order valence-corrected chi connectivity index (χ1v) is 9.96. The number of carbonyl (C=O) groups is 1. The zero-order valence-corrected chi connectivity index (χ0v) is 15.8. The number of para-hydroxylation sites is 1. The molecule has 1 N–H and O–H groups in total. The number of hydrogen-bond acceptors (Lipinski definition) is 3. The lowest BCUT2D eigenvalue weighted by Crippen LogP contribution is -2.43. The van der Waals surface area contributed by atoms with Gasteiger partial charge in [0.05, 0.1) is 0 Å². The van der Waals surface area contributed by atoms with Crippen molar-refractivity contribution in [1.82, 2.24) is 10.2 Å². The van der Waals surface area contributed by atoms with Gasteiger partial charge in [-0.2, -0.15) is 0 Å². The summed E-state index contributed by atoms with van der Waals surface area (Å²) >= 11 is 0. The Morgan fingerprint density at radius 1 is 1.20 bits per heavy atom. The highest BCUT2D eigenvalue weighted by molar-refractivity contribution is 5.77. The minimum atomic E-state index is 0.335. The smallest absolute Gasteiger partial charge is 0.224 e. The van der Waals surface area contributed by atoms with E-state index in [4.69, 9.17) is 0 Å². The molecule has 1 saturated heterocycles. The van der Waals surface area contributed by atoms with Crippen LogP contribution in [-0.4, -0.2) is 50.1 Å². The van der Waals surface area contributed by atoms with Crippen molar-refractivity contribution >= 4 is 11.6 Å². The van der Waals surface area contributed by atoms with Crippen LogP contribution in [-0.2, 0) is 11.2 Å². The van der Waals surface area contributed by atoms with E-state index in [9.17, 15) is 4.79 Å². The summed E-state index contributed by atoms with van der Waals surface area (Å²) < 4.78 is 0. The summed E-state index contributed by atoms with van der Waals surface area (Å²) in [7, 11) is 2.01. The van der Waals surface area contributed by atoms with Crippen molar-refractivity contribution in [3.05, 3.63) is 29.8 Å². The third-order valence-corrected chi connectivity index (χ3v) is 6.00. The van der Waals surface area contributed by atoms with Gasteiger partial charge in [0.25, 0.3) is 0 Å². The number of benzene rings is 1. The average Bonchev–Trinajstić information content (AvgIpc) is 2.65. The Morgan fingerprint density at radius 2 is 1.96 bits per heavy atom. The molecule has 2 heterocycles. The summed E-state index contributed by atoms with van der Waals surface area (Å²) in [6.07, 6.45) is 6.54. The monoisotopic (exact) mass is 343 g/mol. The number of nitrogens with one attached hydrogen (secondary N) is 1. The van der Waals surface area contributed by atoms with Gasteiger partial charge < -0.3 is 15.1 Å². The maximum atomic E-state index is 12.7. The largest absolute Gasteiger partial charge is 0.368 e. The Labute approximate surface area is 152 Å². The van der Waals surface area contributed by atoms with E-state index < -0.39 is 0 Å². The molecule has 4 nitrogen and oxygen atoms in total. The van der Waals surface area contributed by atoms with Gasteiger partial charge in [-0.3, -0.25) is 4.79 Å². The molecule has 0 spiro atoms. The lowest BCUT2D eigenvalue weighted by atomic mass is 9.93. The number of likely N-dealkylation sites (tertiary alicyclic amines) is 1. The first-order chi connectivity index (χ1) is 12.2.